The van der Waals surface area contributed by atoms with Crippen molar-refractivity contribution in [2.45, 2.75) is 45.6 Å². The molecule has 2 aliphatic rings. The van der Waals surface area contributed by atoms with Crippen molar-refractivity contribution in [1.29, 1.82) is 0 Å². The number of allylic oxidation sites excluding steroid dienone is 4. The first-order chi connectivity index (χ1) is 7.66. The van der Waals surface area contributed by atoms with Gasteiger partial charge in [0.1, 0.15) is 0 Å². The van der Waals surface area contributed by atoms with Gasteiger partial charge in [-0.25, -0.2) is 0 Å². The van der Waals surface area contributed by atoms with E-state index in [4.69, 9.17) is 5.73 Å². The Morgan fingerprint density at radius 2 is 1.88 bits per heavy atom. The van der Waals surface area contributed by atoms with Gasteiger partial charge in [0.05, 0.1) is 0 Å². The summed E-state index contributed by atoms with van der Waals surface area (Å²) in [5.41, 5.74) is 8.48. The van der Waals surface area contributed by atoms with E-state index in [1.54, 1.807) is 5.57 Å². The van der Waals surface area contributed by atoms with Crippen LogP contribution in [0.2, 0.25) is 0 Å². The van der Waals surface area contributed by atoms with Crippen LogP contribution in [0.3, 0.4) is 0 Å². The molecule has 0 bridgehead atoms. The number of hydrogen-bond donors (Lipinski definition) is 1. The fraction of sp³-hybridized carbons (Fsp3) is 0.714. The van der Waals surface area contributed by atoms with Gasteiger partial charge in [-0.3, -0.25) is 0 Å². The molecule has 0 radical (unpaired) electrons. The van der Waals surface area contributed by atoms with Crippen LogP contribution in [0, 0.1) is 5.92 Å². The van der Waals surface area contributed by atoms with Crippen molar-refractivity contribution in [3.05, 3.63) is 23.4 Å². The first-order valence-electron chi connectivity index (χ1n) is 6.56. The molecule has 2 nitrogen and oxygen atoms in total. The molecule has 1 heterocycles. The number of nitrogens with zero attached hydrogens (tertiary/aromatic N) is 1. The fourth-order valence-electron chi connectivity index (χ4n) is 2.80. The van der Waals surface area contributed by atoms with Crippen LogP contribution in [0.4, 0.5) is 0 Å². The van der Waals surface area contributed by atoms with Crippen molar-refractivity contribution in [2.24, 2.45) is 11.7 Å². The van der Waals surface area contributed by atoms with E-state index >= 15 is 0 Å². The number of piperidine rings is 1. The number of nitrogens with two attached hydrogens (primary N) is 1. The van der Waals surface area contributed by atoms with Crippen molar-refractivity contribution < 1.29 is 0 Å². The largest absolute Gasteiger partial charge is 0.402 e. The summed E-state index contributed by atoms with van der Waals surface area (Å²) in [6.45, 7) is 7.12. The van der Waals surface area contributed by atoms with E-state index in [9.17, 15) is 0 Å². The molecule has 2 N–H and O–H groups in total. The highest BCUT2D eigenvalue weighted by atomic mass is 15.1. The van der Waals surface area contributed by atoms with Crippen LogP contribution in [0.5, 0.6) is 0 Å². The molecule has 16 heavy (non-hydrogen) atoms. The van der Waals surface area contributed by atoms with Gasteiger partial charge in [0.25, 0.3) is 0 Å². The van der Waals surface area contributed by atoms with E-state index in [1.165, 1.54) is 32.4 Å². The van der Waals surface area contributed by atoms with Crippen molar-refractivity contribution in [3.8, 4) is 0 Å². The molecule has 1 aliphatic carbocycles. The minimum atomic E-state index is 0.705. The Hall–Kier alpha value is -0.760. The topological polar surface area (TPSA) is 29.3 Å². The molecule has 0 amide bonds. The molecule has 0 aromatic rings. The molecule has 0 saturated carbocycles. The highest BCUT2D eigenvalue weighted by Gasteiger charge is 2.23. The third-order valence-electron chi connectivity index (χ3n) is 4.00. The van der Waals surface area contributed by atoms with Crippen molar-refractivity contribution in [1.82, 2.24) is 4.90 Å². The zero-order chi connectivity index (χ0) is 11.5. The second-order valence-electron chi connectivity index (χ2n) is 5.39. The van der Waals surface area contributed by atoms with Crippen LogP contribution in [0.1, 0.15) is 39.5 Å². The Morgan fingerprint density at radius 3 is 2.38 bits per heavy atom. The SMILES string of the molecule is CC(C)N1CCC(C2=CC=C(N)CC2)CC1. The summed E-state index contributed by atoms with van der Waals surface area (Å²) in [5.74, 6) is 0.819. The maximum atomic E-state index is 5.80. The Balaban J connectivity index is 1.90. The summed E-state index contributed by atoms with van der Waals surface area (Å²) in [7, 11) is 0. The van der Waals surface area contributed by atoms with Gasteiger partial charge in [0.2, 0.25) is 0 Å². The van der Waals surface area contributed by atoms with Crippen LogP contribution in [0.15, 0.2) is 23.4 Å². The van der Waals surface area contributed by atoms with Crippen molar-refractivity contribution >= 4 is 0 Å². The second kappa shape index (κ2) is 5.05. The summed E-state index contributed by atoms with van der Waals surface area (Å²) < 4.78 is 0. The fourth-order valence-corrected chi connectivity index (χ4v) is 2.80. The van der Waals surface area contributed by atoms with Crippen molar-refractivity contribution in [3.63, 3.8) is 0 Å². The quantitative estimate of drug-likeness (QED) is 0.775. The van der Waals surface area contributed by atoms with Gasteiger partial charge in [0.15, 0.2) is 0 Å². The molecule has 2 heteroatoms. The van der Waals surface area contributed by atoms with Crippen molar-refractivity contribution in [2.75, 3.05) is 13.1 Å². The molecule has 0 atom stereocenters. The number of rotatable bonds is 2. The van der Waals surface area contributed by atoms with E-state index < -0.39 is 0 Å². The van der Waals surface area contributed by atoms with Gasteiger partial charge in [-0.1, -0.05) is 11.6 Å². The standard InChI is InChI=1S/C14H24N2/c1-11(2)16-9-7-13(8-10-16)12-3-5-14(15)6-4-12/h3,5,11,13H,4,6-10,15H2,1-2H3. The summed E-state index contributed by atoms with van der Waals surface area (Å²) in [5, 5.41) is 0. The molecular weight excluding hydrogens is 196 g/mol. The smallest absolute Gasteiger partial charge is 0.00836 e. The van der Waals surface area contributed by atoms with Gasteiger partial charge >= 0.3 is 0 Å². The molecule has 0 aromatic heterocycles. The Labute approximate surface area is 99.2 Å². The molecule has 0 aromatic carbocycles. The van der Waals surface area contributed by atoms with E-state index in [-0.39, 0.29) is 0 Å². The Morgan fingerprint density at radius 1 is 1.19 bits per heavy atom. The lowest BCUT2D eigenvalue weighted by Crippen LogP contribution is -2.38. The lowest BCUT2D eigenvalue weighted by atomic mass is 9.84. The first kappa shape index (κ1) is 11.7. The summed E-state index contributed by atoms with van der Waals surface area (Å²) in [6, 6.07) is 0.705. The van der Waals surface area contributed by atoms with E-state index in [1.807, 2.05) is 0 Å². The zero-order valence-electron chi connectivity index (χ0n) is 10.6. The maximum absolute atomic E-state index is 5.80. The van der Waals surface area contributed by atoms with Crippen LogP contribution >= 0.6 is 0 Å². The summed E-state index contributed by atoms with van der Waals surface area (Å²) in [6.07, 6.45) is 9.29. The molecule has 1 aliphatic heterocycles. The van der Waals surface area contributed by atoms with Crippen LogP contribution in [0.25, 0.3) is 0 Å². The lowest BCUT2D eigenvalue weighted by molar-refractivity contribution is 0.159. The van der Waals surface area contributed by atoms with E-state index in [0.717, 1.165) is 18.0 Å². The Bertz CT molecular complexity index is 294. The molecule has 1 fully saturated rings. The average molecular weight is 220 g/mol. The molecule has 2 rings (SSSR count). The summed E-state index contributed by atoms with van der Waals surface area (Å²) >= 11 is 0. The van der Waals surface area contributed by atoms with Gasteiger partial charge in [-0.15, -0.1) is 0 Å². The van der Waals surface area contributed by atoms with Gasteiger partial charge < -0.3 is 10.6 Å². The normalized spacial score (nSPS) is 24.4. The number of hydrogen-bond acceptors (Lipinski definition) is 2. The predicted octanol–water partition coefficient (Wildman–Crippen LogP) is 2.67. The first-order valence-corrected chi connectivity index (χ1v) is 6.56. The Kier molecular flexibility index (Phi) is 3.70. The van der Waals surface area contributed by atoms with E-state index in [2.05, 4.69) is 30.9 Å². The zero-order valence-corrected chi connectivity index (χ0v) is 10.6. The second-order valence-corrected chi connectivity index (χ2v) is 5.39. The maximum Gasteiger partial charge on any atom is 0.00836 e. The van der Waals surface area contributed by atoms with Crippen LogP contribution < -0.4 is 5.73 Å². The minimum absolute atomic E-state index is 0.705. The number of likely N-dealkylation sites (tertiary alicyclic amines) is 1. The monoisotopic (exact) mass is 220 g/mol. The lowest BCUT2D eigenvalue weighted by Gasteiger charge is -2.36. The van der Waals surface area contributed by atoms with Crippen LogP contribution in [-0.2, 0) is 0 Å². The van der Waals surface area contributed by atoms with Gasteiger partial charge in [-0.05, 0) is 64.6 Å². The third kappa shape index (κ3) is 2.67. The summed E-state index contributed by atoms with van der Waals surface area (Å²) in [4.78, 5) is 2.59. The highest BCUT2D eigenvalue weighted by molar-refractivity contribution is 5.24. The van der Waals surface area contributed by atoms with Gasteiger partial charge in [0, 0.05) is 11.7 Å². The molecule has 1 saturated heterocycles. The average Bonchev–Trinajstić information content (AvgIpc) is 2.30. The third-order valence-corrected chi connectivity index (χ3v) is 4.00. The molecule has 0 unspecified atom stereocenters. The minimum Gasteiger partial charge on any atom is -0.402 e. The van der Waals surface area contributed by atoms with E-state index in [0.29, 0.717) is 6.04 Å². The molecule has 0 spiro atoms. The molecular formula is C14H24N2. The van der Waals surface area contributed by atoms with Gasteiger partial charge in [-0.2, -0.15) is 0 Å². The molecule has 90 valence electrons. The highest BCUT2D eigenvalue weighted by Crippen LogP contribution is 2.30. The predicted molar refractivity (Wildman–Crippen MR) is 69.0 cm³/mol. The van der Waals surface area contributed by atoms with Crippen LogP contribution in [-0.4, -0.2) is 24.0 Å².